The smallest absolute Gasteiger partial charge is 0.167 e. The van der Waals surface area contributed by atoms with Gasteiger partial charge in [0.25, 0.3) is 0 Å². The Kier molecular flexibility index (Phi) is 5.54. The third kappa shape index (κ3) is 3.57. The van der Waals surface area contributed by atoms with Crippen molar-refractivity contribution in [2.45, 2.75) is 43.6 Å². The zero-order valence-corrected chi connectivity index (χ0v) is 16.1. The number of benzene rings is 1. The van der Waals surface area contributed by atoms with E-state index in [0.29, 0.717) is 22.5 Å². The van der Waals surface area contributed by atoms with Crippen LogP contribution in [0.25, 0.3) is 11.2 Å². The van der Waals surface area contributed by atoms with E-state index in [1.807, 2.05) is 0 Å². The van der Waals surface area contributed by atoms with Gasteiger partial charge in [-0.1, -0.05) is 12.1 Å². The van der Waals surface area contributed by atoms with Crippen molar-refractivity contribution in [1.29, 1.82) is 0 Å². The van der Waals surface area contributed by atoms with Crippen LogP contribution in [0.1, 0.15) is 24.8 Å². The topological polar surface area (TPSA) is 166 Å². The number of nitrogens with one attached hydrogen (secondary N) is 1. The molecule has 3 heterocycles. The van der Waals surface area contributed by atoms with Gasteiger partial charge in [0, 0.05) is 0 Å². The summed E-state index contributed by atoms with van der Waals surface area (Å²) in [6.07, 6.45) is -2.62. The Morgan fingerprint density at radius 3 is 2.70 bits per heavy atom. The molecule has 0 spiro atoms. The third-order valence-electron chi connectivity index (χ3n) is 5.20. The van der Waals surface area contributed by atoms with Crippen LogP contribution in [0.5, 0.6) is 5.75 Å². The molecule has 0 amide bonds. The number of nitrogens with zero attached hydrogens (tertiary/aromatic N) is 4. The predicted molar refractivity (Wildman–Crippen MR) is 104 cm³/mol. The number of hydrogen-bond donors (Lipinski definition) is 6. The molecule has 11 nitrogen and oxygen atoms in total. The number of aromatic nitrogens is 4. The highest BCUT2D eigenvalue weighted by molar-refractivity contribution is 5.82. The maximum absolute atomic E-state index is 10.6. The molecule has 1 saturated heterocycles. The van der Waals surface area contributed by atoms with Gasteiger partial charge in [-0.05, 0) is 24.6 Å². The summed E-state index contributed by atoms with van der Waals surface area (Å²) in [6, 6.07) is 5.87. The van der Waals surface area contributed by atoms with Crippen LogP contribution in [0.2, 0.25) is 0 Å². The minimum Gasteiger partial charge on any atom is -0.508 e. The van der Waals surface area contributed by atoms with Crippen LogP contribution >= 0.6 is 0 Å². The number of ether oxygens (including phenoxy) is 1. The molecule has 1 aromatic carbocycles. The lowest BCUT2D eigenvalue weighted by molar-refractivity contribution is -0.0511. The normalized spacial score (nSPS) is 26.0. The van der Waals surface area contributed by atoms with Crippen molar-refractivity contribution in [2.24, 2.45) is 0 Å². The zero-order chi connectivity index (χ0) is 21.4. The Morgan fingerprint density at radius 2 is 2.00 bits per heavy atom. The number of imidazole rings is 1. The summed E-state index contributed by atoms with van der Waals surface area (Å²) in [4.78, 5) is 12.7. The lowest BCUT2D eigenvalue weighted by atomic mass is 10.0. The maximum Gasteiger partial charge on any atom is 0.167 e. The minimum atomic E-state index is -1.27. The Morgan fingerprint density at radius 1 is 1.20 bits per heavy atom. The Hall–Kier alpha value is -2.83. The molecule has 0 radical (unpaired) electrons. The van der Waals surface area contributed by atoms with Crippen molar-refractivity contribution in [3.05, 3.63) is 42.5 Å². The number of anilines is 1. The van der Waals surface area contributed by atoms with E-state index in [2.05, 4.69) is 20.3 Å². The molecule has 0 aliphatic carbocycles. The van der Waals surface area contributed by atoms with E-state index in [-0.39, 0.29) is 5.75 Å². The average molecular weight is 417 g/mol. The maximum atomic E-state index is 10.6. The molecular weight excluding hydrogens is 394 g/mol. The number of aliphatic hydroxyl groups is 4. The lowest BCUT2D eigenvalue weighted by Crippen LogP contribution is -2.33. The molecule has 0 saturated carbocycles. The Bertz CT molecular complexity index is 1030. The quantitative estimate of drug-likeness (QED) is 0.313. The van der Waals surface area contributed by atoms with Crippen LogP contribution in [0.4, 0.5) is 5.82 Å². The molecule has 4 rings (SSSR count). The van der Waals surface area contributed by atoms with E-state index in [4.69, 9.17) is 4.74 Å². The van der Waals surface area contributed by atoms with Crippen LogP contribution in [-0.2, 0) is 4.74 Å². The Balaban J connectivity index is 1.59. The minimum absolute atomic E-state index is 0.0559. The molecule has 1 aliphatic rings. The fourth-order valence-corrected chi connectivity index (χ4v) is 3.55. The summed E-state index contributed by atoms with van der Waals surface area (Å²) in [7, 11) is 0. The average Bonchev–Trinajstić information content (AvgIpc) is 3.29. The second-order valence-corrected chi connectivity index (χ2v) is 7.25. The molecule has 1 fully saturated rings. The van der Waals surface area contributed by atoms with E-state index in [0.717, 1.165) is 0 Å². The van der Waals surface area contributed by atoms with Crippen LogP contribution in [0, 0.1) is 0 Å². The first-order chi connectivity index (χ1) is 14.4. The first-order valence-electron chi connectivity index (χ1n) is 9.44. The number of aliphatic hydroxyl groups excluding tert-OH is 4. The van der Waals surface area contributed by atoms with Gasteiger partial charge in [-0.25, -0.2) is 15.0 Å². The summed E-state index contributed by atoms with van der Waals surface area (Å²) in [5.41, 5.74) is 1.27. The van der Waals surface area contributed by atoms with Crippen LogP contribution < -0.4 is 5.32 Å². The number of hydrogen-bond acceptors (Lipinski definition) is 10. The summed E-state index contributed by atoms with van der Waals surface area (Å²) in [5, 5.41) is 52.9. The number of rotatable bonds is 6. The lowest BCUT2D eigenvalue weighted by Gasteiger charge is -2.21. The van der Waals surface area contributed by atoms with E-state index in [1.165, 1.54) is 29.4 Å². The molecule has 6 atom stereocenters. The molecule has 3 aromatic rings. The molecule has 11 heteroatoms. The van der Waals surface area contributed by atoms with Crippen molar-refractivity contribution < 1.29 is 30.3 Å². The van der Waals surface area contributed by atoms with Gasteiger partial charge in [-0.3, -0.25) is 4.57 Å². The first kappa shape index (κ1) is 20.4. The highest BCUT2D eigenvalue weighted by atomic mass is 16.6. The number of phenolic OH excluding ortho intramolecular Hbond substituents is 1. The second-order valence-electron chi connectivity index (χ2n) is 7.25. The Labute approximate surface area is 171 Å². The molecule has 1 unspecified atom stereocenters. The molecule has 6 N–H and O–H groups in total. The van der Waals surface area contributed by atoms with Crippen molar-refractivity contribution >= 4 is 17.0 Å². The van der Waals surface area contributed by atoms with Gasteiger partial charge in [-0.2, -0.15) is 0 Å². The summed E-state index contributed by atoms with van der Waals surface area (Å²) < 4.78 is 7.00. The highest BCUT2D eigenvalue weighted by Crippen LogP contribution is 2.32. The molecule has 0 bridgehead atoms. The monoisotopic (exact) mass is 417 g/mol. The van der Waals surface area contributed by atoms with Gasteiger partial charge in [0.1, 0.15) is 30.4 Å². The van der Waals surface area contributed by atoms with E-state index in [1.54, 1.807) is 19.1 Å². The van der Waals surface area contributed by atoms with Crippen molar-refractivity contribution in [3.63, 3.8) is 0 Å². The SMILES string of the molecule is C[C@H](Nc1ncnc2c1ncn2[C@@H]1O[C@H](CO)C(O)[C@@H]1O)[C@H](O)c1cccc(O)c1. The van der Waals surface area contributed by atoms with Crippen molar-refractivity contribution in [2.75, 3.05) is 11.9 Å². The molecule has 2 aromatic heterocycles. The number of fused-ring (bicyclic) bond motifs is 1. The molecule has 1 aliphatic heterocycles. The van der Waals surface area contributed by atoms with E-state index < -0.39 is 43.3 Å². The largest absolute Gasteiger partial charge is 0.508 e. The molecule has 160 valence electrons. The summed E-state index contributed by atoms with van der Waals surface area (Å²) in [5.74, 6) is 0.414. The second kappa shape index (κ2) is 8.13. The van der Waals surface area contributed by atoms with Gasteiger partial charge in [-0.15, -0.1) is 0 Å². The number of phenols is 1. The third-order valence-corrected chi connectivity index (χ3v) is 5.20. The summed E-state index contributed by atoms with van der Waals surface area (Å²) in [6.45, 7) is 1.32. The van der Waals surface area contributed by atoms with E-state index in [9.17, 15) is 25.5 Å². The fraction of sp³-hybridized carbons (Fsp3) is 0.421. The van der Waals surface area contributed by atoms with Gasteiger partial charge < -0.3 is 35.6 Å². The van der Waals surface area contributed by atoms with Crippen molar-refractivity contribution in [1.82, 2.24) is 19.5 Å². The van der Waals surface area contributed by atoms with Crippen LogP contribution in [0.15, 0.2) is 36.9 Å². The zero-order valence-electron chi connectivity index (χ0n) is 16.1. The van der Waals surface area contributed by atoms with Gasteiger partial charge in [0.05, 0.1) is 25.1 Å². The molecule has 30 heavy (non-hydrogen) atoms. The first-order valence-corrected chi connectivity index (χ1v) is 9.44. The van der Waals surface area contributed by atoms with Gasteiger partial charge in [0.2, 0.25) is 0 Å². The van der Waals surface area contributed by atoms with Crippen molar-refractivity contribution in [3.8, 4) is 5.75 Å². The van der Waals surface area contributed by atoms with Gasteiger partial charge in [0.15, 0.2) is 23.2 Å². The van der Waals surface area contributed by atoms with Gasteiger partial charge >= 0.3 is 0 Å². The fourth-order valence-electron chi connectivity index (χ4n) is 3.55. The van der Waals surface area contributed by atoms with Crippen LogP contribution in [0.3, 0.4) is 0 Å². The molecular formula is C19H23N5O6. The number of aromatic hydroxyl groups is 1. The highest BCUT2D eigenvalue weighted by Gasteiger charge is 2.44. The summed E-state index contributed by atoms with van der Waals surface area (Å²) >= 11 is 0. The van der Waals surface area contributed by atoms with E-state index >= 15 is 0 Å². The predicted octanol–water partition coefficient (Wildman–Crippen LogP) is -0.323. The van der Waals surface area contributed by atoms with Crippen LogP contribution in [-0.4, -0.2) is 76.0 Å². The standard InChI is InChI=1S/C19H23N5O6/c1-9(14(27)10-3-2-4-11(26)5-10)23-17-13-18(21-7-20-17)24(8-22-13)19-16(29)15(28)12(6-25)30-19/h2-5,7-9,12,14-16,19,25-29H,6H2,1H3,(H,20,21,23)/t9-,12+,14-,15?,16-,19+/m0/s1.